The summed E-state index contributed by atoms with van der Waals surface area (Å²) in [6, 6.07) is 0. The second-order valence-corrected chi connectivity index (χ2v) is 10.3. The molecule has 2 bridgehead atoms. The molecule has 4 saturated heterocycles. The van der Waals surface area contributed by atoms with E-state index in [2.05, 4.69) is 0 Å². The first-order chi connectivity index (χ1) is 14.5. The zero-order chi connectivity index (χ0) is 22.5. The van der Waals surface area contributed by atoms with Crippen LogP contribution < -0.4 is 0 Å². The van der Waals surface area contributed by atoms with E-state index < -0.39 is 17.4 Å². The maximum atomic E-state index is 12.9. The van der Waals surface area contributed by atoms with Crippen molar-refractivity contribution < 1.29 is 28.7 Å². The average Bonchev–Trinajstić information content (AvgIpc) is 3.37. The van der Waals surface area contributed by atoms with Gasteiger partial charge in [-0.15, -0.1) is 0 Å². The molecule has 0 saturated carbocycles. The lowest BCUT2D eigenvalue weighted by Gasteiger charge is -2.35. The number of hydrogen-bond donors (Lipinski definition) is 0. The second-order valence-electron chi connectivity index (χ2n) is 10.3. The van der Waals surface area contributed by atoms with Crippen molar-refractivity contribution in [2.24, 2.45) is 17.8 Å². The maximum Gasteiger partial charge on any atom is 0.410 e. The molecular weight excluding hydrogens is 402 g/mol. The number of carbonyl (C=O) groups excluding carboxylic acids is 4. The van der Waals surface area contributed by atoms with Gasteiger partial charge in [0.2, 0.25) is 17.7 Å². The van der Waals surface area contributed by atoms with Crippen LogP contribution in [0.1, 0.15) is 46.5 Å². The first kappa shape index (κ1) is 22.0. The summed E-state index contributed by atoms with van der Waals surface area (Å²) in [5, 5.41) is 0. The summed E-state index contributed by atoms with van der Waals surface area (Å²) in [4.78, 5) is 55.2. The summed E-state index contributed by atoms with van der Waals surface area (Å²) in [6.45, 7) is 6.88. The third kappa shape index (κ3) is 4.29. The predicted molar refractivity (Wildman–Crippen MR) is 110 cm³/mol. The molecular formula is C22H33N3O6. The monoisotopic (exact) mass is 435 g/mol. The van der Waals surface area contributed by atoms with Crippen molar-refractivity contribution in [2.45, 2.75) is 64.3 Å². The van der Waals surface area contributed by atoms with E-state index in [1.807, 2.05) is 20.8 Å². The molecule has 4 fully saturated rings. The van der Waals surface area contributed by atoms with Crippen molar-refractivity contribution in [1.82, 2.24) is 14.7 Å². The van der Waals surface area contributed by atoms with Crippen LogP contribution in [0.15, 0.2) is 0 Å². The number of likely N-dealkylation sites (tertiary alicyclic amines) is 2. The number of piperidine rings is 1. The van der Waals surface area contributed by atoms with E-state index in [1.54, 1.807) is 16.8 Å². The van der Waals surface area contributed by atoms with Crippen LogP contribution in [-0.2, 0) is 23.9 Å². The first-order valence-electron chi connectivity index (χ1n) is 11.3. The van der Waals surface area contributed by atoms with E-state index in [1.165, 1.54) is 0 Å². The van der Waals surface area contributed by atoms with E-state index in [4.69, 9.17) is 9.47 Å². The molecule has 4 aliphatic heterocycles. The van der Waals surface area contributed by atoms with Crippen molar-refractivity contribution in [3.63, 3.8) is 0 Å². The first-order valence-corrected chi connectivity index (χ1v) is 11.3. The number of fused-ring (bicyclic) bond motifs is 5. The fourth-order valence-electron chi connectivity index (χ4n) is 5.41. The number of rotatable bonds is 4. The highest BCUT2D eigenvalue weighted by Crippen LogP contribution is 2.48. The van der Waals surface area contributed by atoms with E-state index in [9.17, 15) is 19.2 Å². The normalized spacial score (nSPS) is 32.5. The summed E-state index contributed by atoms with van der Waals surface area (Å²) in [5.41, 5.74) is -0.558. The SMILES string of the molecule is CN(C[C@@H]1CCCN(C(=O)CN2C(=O)[C@H]3[C@H](C2=O)[C@H]2CC[C@H]3O2)C1)C(=O)OC(C)(C)C. The minimum Gasteiger partial charge on any atom is -0.444 e. The number of amides is 4. The molecule has 0 spiro atoms. The Bertz CT molecular complexity index is 750. The van der Waals surface area contributed by atoms with Crippen molar-refractivity contribution in [1.29, 1.82) is 0 Å². The lowest BCUT2D eigenvalue weighted by Crippen LogP contribution is -2.49. The average molecular weight is 436 g/mol. The van der Waals surface area contributed by atoms with Gasteiger partial charge in [-0.25, -0.2) is 4.79 Å². The second kappa shape index (κ2) is 8.07. The van der Waals surface area contributed by atoms with Gasteiger partial charge in [0.15, 0.2) is 0 Å². The van der Waals surface area contributed by atoms with Crippen LogP contribution in [0.2, 0.25) is 0 Å². The molecule has 172 valence electrons. The summed E-state index contributed by atoms with van der Waals surface area (Å²) in [7, 11) is 1.70. The van der Waals surface area contributed by atoms with Gasteiger partial charge < -0.3 is 19.3 Å². The summed E-state index contributed by atoms with van der Waals surface area (Å²) >= 11 is 0. The standard InChI is InChI=1S/C22H33N3O6/c1-22(2,3)31-21(29)23(4)10-13-6-5-9-24(11-13)16(26)12-25-19(27)17-14-7-8-15(30-14)18(17)20(25)28/h13-15,17-18H,5-12H2,1-4H3/t13-,14+,15+,17+,18+/m0/s1. The Morgan fingerprint density at radius 2 is 1.71 bits per heavy atom. The van der Waals surface area contributed by atoms with Gasteiger partial charge in [-0.2, -0.15) is 0 Å². The van der Waals surface area contributed by atoms with Crippen LogP contribution in [0.4, 0.5) is 4.79 Å². The van der Waals surface area contributed by atoms with Gasteiger partial charge in [-0.1, -0.05) is 0 Å². The van der Waals surface area contributed by atoms with E-state index in [0.717, 1.165) is 30.6 Å². The Hall–Kier alpha value is -2.16. The quantitative estimate of drug-likeness (QED) is 0.617. The molecule has 9 nitrogen and oxygen atoms in total. The molecule has 0 radical (unpaired) electrons. The molecule has 31 heavy (non-hydrogen) atoms. The Labute approximate surface area is 183 Å². The highest BCUT2D eigenvalue weighted by Gasteiger charge is 2.62. The molecule has 4 heterocycles. The lowest BCUT2D eigenvalue weighted by atomic mass is 9.81. The van der Waals surface area contributed by atoms with Gasteiger partial charge in [0.1, 0.15) is 12.1 Å². The third-order valence-corrected chi connectivity index (χ3v) is 6.78. The van der Waals surface area contributed by atoms with Gasteiger partial charge in [-0.3, -0.25) is 19.3 Å². The van der Waals surface area contributed by atoms with Crippen LogP contribution in [0.5, 0.6) is 0 Å². The van der Waals surface area contributed by atoms with Crippen molar-refractivity contribution >= 4 is 23.8 Å². The van der Waals surface area contributed by atoms with E-state index >= 15 is 0 Å². The molecule has 0 aromatic carbocycles. The number of nitrogens with zero attached hydrogens (tertiary/aromatic N) is 3. The van der Waals surface area contributed by atoms with Gasteiger partial charge in [0.05, 0.1) is 24.0 Å². The molecule has 4 amide bonds. The maximum absolute atomic E-state index is 12.9. The van der Waals surface area contributed by atoms with Crippen molar-refractivity contribution in [2.75, 3.05) is 33.2 Å². The summed E-state index contributed by atoms with van der Waals surface area (Å²) < 4.78 is 11.1. The Balaban J connectivity index is 1.32. The zero-order valence-corrected chi connectivity index (χ0v) is 18.8. The van der Waals surface area contributed by atoms with E-state index in [0.29, 0.717) is 19.6 Å². The van der Waals surface area contributed by atoms with Crippen LogP contribution in [0.3, 0.4) is 0 Å². The lowest BCUT2D eigenvalue weighted by molar-refractivity contribution is -0.149. The third-order valence-electron chi connectivity index (χ3n) is 6.78. The largest absolute Gasteiger partial charge is 0.444 e. The van der Waals surface area contributed by atoms with Gasteiger partial charge in [0.25, 0.3) is 0 Å². The summed E-state index contributed by atoms with van der Waals surface area (Å²) in [5.74, 6) is -1.41. The van der Waals surface area contributed by atoms with Crippen molar-refractivity contribution in [3.05, 3.63) is 0 Å². The fraction of sp³-hybridized carbons (Fsp3) is 0.818. The molecule has 4 aliphatic rings. The molecule has 4 rings (SSSR count). The molecule has 0 unspecified atom stereocenters. The van der Waals surface area contributed by atoms with Crippen LogP contribution >= 0.6 is 0 Å². The fourth-order valence-corrected chi connectivity index (χ4v) is 5.41. The van der Waals surface area contributed by atoms with Gasteiger partial charge in [-0.05, 0) is 52.4 Å². The zero-order valence-electron chi connectivity index (χ0n) is 18.8. The Kier molecular flexibility index (Phi) is 5.74. The number of hydrogen-bond acceptors (Lipinski definition) is 6. The molecule has 0 aromatic rings. The van der Waals surface area contributed by atoms with Crippen LogP contribution in [0, 0.1) is 17.8 Å². The highest BCUT2D eigenvalue weighted by atomic mass is 16.6. The number of ether oxygens (including phenoxy) is 2. The molecule has 5 atom stereocenters. The Morgan fingerprint density at radius 3 is 2.29 bits per heavy atom. The van der Waals surface area contributed by atoms with Gasteiger partial charge in [0, 0.05) is 26.7 Å². The minimum absolute atomic E-state index is 0.129. The number of carbonyl (C=O) groups is 4. The topological polar surface area (TPSA) is 96.5 Å². The van der Waals surface area contributed by atoms with Gasteiger partial charge >= 0.3 is 6.09 Å². The van der Waals surface area contributed by atoms with Crippen molar-refractivity contribution in [3.8, 4) is 0 Å². The Morgan fingerprint density at radius 1 is 1.10 bits per heavy atom. The predicted octanol–water partition coefficient (Wildman–Crippen LogP) is 1.25. The van der Waals surface area contributed by atoms with Crippen LogP contribution in [-0.4, -0.2) is 89.6 Å². The smallest absolute Gasteiger partial charge is 0.410 e. The van der Waals surface area contributed by atoms with E-state index in [-0.39, 0.29) is 48.5 Å². The minimum atomic E-state index is -0.558. The molecule has 9 heteroatoms. The molecule has 0 aliphatic carbocycles. The molecule has 0 aromatic heterocycles. The molecule has 0 N–H and O–H groups in total. The van der Waals surface area contributed by atoms with Crippen LogP contribution in [0.25, 0.3) is 0 Å². The highest BCUT2D eigenvalue weighted by molar-refractivity contribution is 6.08. The number of imide groups is 1. The summed E-state index contributed by atoms with van der Waals surface area (Å²) in [6.07, 6.45) is 2.63.